The number of nitrogens with zero attached hydrogens (tertiary/aromatic N) is 3. The summed E-state index contributed by atoms with van der Waals surface area (Å²) in [6.07, 6.45) is 0. The molecule has 0 amide bonds. The van der Waals surface area contributed by atoms with Crippen LogP contribution in [0.3, 0.4) is 0 Å². The summed E-state index contributed by atoms with van der Waals surface area (Å²) in [5.74, 6) is 0.420. The number of halogens is 1. The Bertz CT molecular complexity index is 350. The van der Waals surface area contributed by atoms with Gasteiger partial charge in [-0.3, -0.25) is 0 Å². The second kappa shape index (κ2) is 6.58. The highest BCUT2D eigenvalue weighted by atomic mass is 35.5. The Morgan fingerprint density at radius 2 is 2.06 bits per heavy atom. The first-order chi connectivity index (χ1) is 8.13. The second-order valence-electron chi connectivity index (χ2n) is 3.42. The number of anilines is 1. The zero-order valence-corrected chi connectivity index (χ0v) is 11.0. The van der Waals surface area contributed by atoms with Gasteiger partial charge in [-0.1, -0.05) is 0 Å². The minimum absolute atomic E-state index is 0.131. The van der Waals surface area contributed by atoms with Gasteiger partial charge in [0.05, 0.1) is 19.4 Å². The Kier molecular flexibility index (Phi) is 5.40. The topological polar surface area (TPSA) is 73.5 Å². The Labute approximate surface area is 106 Å². The van der Waals surface area contributed by atoms with Crippen LogP contribution in [-0.2, 0) is 11.3 Å². The predicted molar refractivity (Wildman–Crippen MR) is 66.6 cm³/mol. The molecule has 0 aliphatic rings. The monoisotopic (exact) mass is 260 g/mol. The molecule has 1 aromatic rings. The number of ether oxygens (including phenoxy) is 2. The van der Waals surface area contributed by atoms with Gasteiger partial charge in [0.15, 0.2) is 0 Å². The molecule has 0 unspecified atom stereocenters. The van der Waals surface area contributed by atoms with Gasteiger partial charge < -0.3 is 20.1 Å². The molecule has 1 aromatic heterocycles. The van der Waals surface area contributed by atoms with Gasteiger partial charge in [0, 0.05) is 27.2 Å². The molecule has 0 spiro atoms. The summed E-state index contributed by atoms with van der Waals surface area (Å²) < 4.78 is 10.2. The van der Waals surface area contributed by atoms with Crippen LogP contribution in [0.15, 0.2) is 0 Å². The Hall–Kier alpha value is -1.11. The molecule has 0 bridgehead atoms. The minimum Gasteiger partial charge on any atom is -0.479 e. The molecule has 0 saturated carbocycles. The molecule has 0 fully saturated rings. The fourth-order valence-electron chi connectivity index (χ4n) is 1.46. The maximum absolute atomic E-state index is 5.79. The van der Waals surface area contributed by atoms with E-state index < -0.39 is 0 Å². The molecule has 2 N–H and O–H groups in total. The summed E-state index contributed by atoms with van der Waals surface area (Å²) in [4.78, 5) is 10.1. The zero-order chi connectivity index (χ0) is 12.8. The van der Waals surface area contributed by atoms with Crippen LogP contribution in [0.1, 0.15) is 5.69 Å². The largest absolute Gasteiger partial charge is 0.479 e. The van der Waals surface area contributed by atoms with E-state index in [2.05, 4.69) is 9.97 Å². The molecule has 96 valence electrons. The lowest BCUT2D eigenvalue weighted by Gasteiger charge is -2.22. The standard InChI is InChI=1S/C10H17ClN4O2/c1-15(4-5-16-2)8-7(6-12)13-10(11)14-9(8)17-3/h4-6,12H2,1-3H3. The lowest BCUT2D eigenvalue weighted by Crippen LogP contribution is -2.25. The van der Waals surface area contributed by atoms with Crippen molar-refractivity contribution in [2.45, 2.75) is 6.54 Å². The smallest absolute Gasteiger partial charge is 0.242 e. The van der Waals surface area contributed by atoms with Crippen molar-refractivity contribution in [1.29, 1.82) is 0 Å². The third-order valence-corrected chi connectivity index (χ3v) is 2.47. The number of methoxy groups -OCH3 is 2. The third-order valence-electron chi connectivity index (χ3n) is 2.30. The SMILES string of the molecule is COCCN(C)c1c(CN)nc(Cl)nc1OC. The normalized spacial score (nSPS) is 10.4. The van der Waals surface area contributed by atoms with Gasteiger partial charge in [0.25, 0.3) is 0 Å². The molecular formula is C10H17ClN4O2. The van der Waals surface area contributed by atoms with Crippen LogP contribution in [-0.4, -0.2) is 44.4 Å². The van der Waals surface area contributed by atoms with Gasteiger partial charge in [0.1, 0.15) is 5.69 Å². The van der Waals surface area contributed by atoms with E-state index in [0.29, 0.717) is 24.7 Å². The Morgan fingerprint density at radius 3 is 2.59 bits per heavy atom. The van der Waals surface area contributed by atoms with Crippen molar-refractivity contribution in [2.75, 3.05) is 39.3 Å². The summed E-state index contributed by atoms with van der Waals surface area (Å²) >= 11 is 5.79. The molecule has 0 radical (unpaired) electrons. The van der Waals surface area contributed by atoms with Crippen molar-refractivity contribution < 1.29 is 9.47 Å². The first kappa shape index (κ1) is 14.0. The predicted octanol–water partition coefficient (Wildman–Crippen LogP) is 0.680. The molecule has 0 aliphatic heterocycles. The van der Waals surface area contributed by atoms with Crippen molar-refractivity contribution >= 4 is 17.3 Å². The van der Waals surface area contributed by atoms with Crippen LogP contribution in [0, 0.1) is 0 Å². The molecule has 0 aromatic carbocycles. The Balaban J connectivity index is 3.09. The van der Waals surface area contributed by atoms with Gasteiger partial charge in [-0.15, -0.1) is 0 Å². The lowest BCUT2D eigenvalue weighted by molar-refractivity contribution is 0.206. The van der Waals surface area contributed by atoms with Crippen LogP contribution >= 0.6 is 11.6 Å². The van der Waals surface area contributed by atoms with Gasteiger partial charge >= 0.3 is 0 Å². The van der Waals surface area contributed by atoms with E-state index in [1.165, 1.54) is 7.11 Å². The van der Waals surface area contributed by atoms with E-state index in [1.54, 1.807) is 7.11 Å². The minimum atomic E-state index is 0.131. The fourth-order valence-corrected chi connectivity index (χ4v) is 1.64. The van der Waals surface area contributed by atoms with Crippen molar-refractivity contribution in [1.82, 2.24) is 9.97 Å². The van der Waals surface area contributed by atoms with Crippen LogP contribution in [0.5, 0.6) is 5.88 Å². The number of nitrogens with two attached hydrogens (primary N) is 1. The molecule has 1 rings (SSSR count). The quantitative estimate of drug-likeness (QED) is 0.759. The highest BCUT2D eigenvalue weighted by molar-refractivity contribution is 6.28. The molecule has 0 atom stereocenters. The molecule has 0 aliphatic carbocycles. The van der Waals surface area contributed by atoms with Gasteiger partial charge in [-0.2, -0.15) is 4.98 Å². The van der Waals surface area contributed by atoms with Crippen LogP contribution in [0.4, 0.5) is 5.69 Å². The van der Waals surface area contributed by atoms with Crippen molar-refractivity contribution in [3.63, 3.8) is 0 Å². The Morgan fingerprint density at radius 1 is 1.35 bits per heavy atom. The van der Waals surface area contributed by atoms with E-state index in [9.17, 15) is 0 Å². The van der Waals surface area contributed by atoms with E-state index >= 15 is 0 Å². The number of rotatable bonds is 6. The first-order valence-electron chi connectivity index (χ1n) is 5.14. The van der Waals surface area contributed by atoms with Crippen molar-refractivity contribution in [3.8, 4) is 5.88 Å². The summed E-state index contributed by atoms with van der Waals surface area (Å²) in [5, 5.41) is 0.131. The van der Waals surface area contributed by atoms with E-state index in [0.717, 1.165) is 5.69 Å². The van der Waals surface area contributed by atoms with Crippen LogP contribution in [0.25, 0.3) is 0 Å². The highest BCUT2D eigenvalue weighted by Crippen LogP contribution is 2.29. The van der Waals surface area contributed by atoms with E-state index in [-0.39, 0.29) is 11.8 Å². The molecule has 0 saturated heterocycles. The summed E-state index contributed by atoms with van der Waals surface area (Å²) in [6, 6.07) is 0. The summed E-state index contributed by atoms with van der Waals surface area (Å²) in [6.45, 7) is 1.54. The van der Waals surface area contributed by atoms with Crippen molar-refractivity contribution in [3.05, 3.63) is 11.0 Å². The average molecular weight is 261 g/mol. The van der Waals surface area contributed by atoms with Gasteiger partial charge in [0.2, 0.25) is 11.2 Å². The van der Waals surface area contributed by atoms with Gasteiger partial charge in [-0.05, 0) is 11.6 Å². The first-order valence-corrected chi connectivity index (χ1v) is 5.52. The molecule has 7 heteroatoms. The fraction of sp³-hybridized carbons (Fsp3) is 0.600. The average Bonchev–Trinajstić information content (AvgIpc) is 2.34. The van der Waals surface area contributed by atoms with E-state index in [1.807, 2.05) is 11.9 Å². The molecule has 6 nitrogen and oxygen atoms in total. The summed E-state index contributed by atoms with van der Waals surface area (Å²) in [7, 11) is 5.08. The molecule has 1 heterocycles. The number of hydrogen-bond acceptors (Lipinski definition) is 6. The van der Waals surface area contributed by atoms with Crippen LogP contribution in [0.2, 0.25) is 5.28 Å². The summed E-state index contributed by atoms with van der Waals surface area (Å²) in [5.41, 5.74) is 7.05. The zero-order valence-electron chi connectivity index (χ0n) is 10.2. The maximum Gasteiger partial charge on any atom is 0.242 e. The van der Waals surface area contributed by atoms with Crippen LogP contribution < -0.4 is 15.4 Å². The van der Waals surface area contributed by atoms with Gasteiger partial charge in [-0.25, -0.2) is 4.98 Å². The van der Waals surface area contributed by atoms with E-state index in [4.69, 9.17) is 26.8 Å². The number of aromatic nitrogens is 2. The highest BCUT2D eigenvalue weighted by Gasteiger charge is 2.17. The molecule has 17 heavy (non-hydrogen) atoms. The lowest BCUT2D eigenvalue weighted by atomic mass is 10.3. The number of hydrogen-bond donors (Lipinski definition) is 1. The molecular weight excluding hydrogens is 244 g/mol. The second-order valence-corrected chi connectivity index (χ2v) is 3.75. The third kappa shape index (κ3) is 3.42. The maximum atomic E-state index is 5.79. The van der Waals surface area contributed by atoms with Crippen molar-refractivity contribution in [2.24, 2.45) is 5.73 Å². The number of likely N-dealkylation sites (N-methyl/N-ethyl adjacent to an activating group) is 1.